The third kappa shape index (κ3) is 4.46. The van der Waals surface area contributed by atoms with Crippen LogP contribution in [0.2, 0.25) is 0 Å². The van der Waals surface area contributed by atoms with Crippen molar-refractivity contribution in [2.24, 2.45) is 5.41 Å². The van der Waals surface area contributed by atoms with Gasteiger partial charge < -0.3 is 15.3 Å². The number of pyridine rings is 1. The summed E-state index contributed by atoms with van der Waals surface area (Å²) in [6.07, 6.45) is 5.36. The molecule has 0 unspecified atom stereocenters. The Kier molecular flexibility index (Phi) is 5.38. The van der Waals surface area contributed by atoms with E-state index in [0.29, 0.717) is 0 Å². The molecule has 1 fully saturated rings. The number of nitrogens with zero attached hydrogens (tertiary/aromatic N) is 2. The minimum absolute atomic E-state index is 0.137. The number of rotatable bonds is 7. The fourth-order valence-electron chi connectivity index (χ4n) is 2.59. The van der Waals surface area contributed by atoms with E-state index >= 15 is 0 Å². The predicted molar refractivity (Wildman–Crippen MR) is 82.9 cm³/mol. The summed E-state index contributed by atoms with van der Waals surface area (Å²) in [7, 11) is 0. The summed E-state index contributed by atoms with van der Waals surface area (Å²) in [5.74, 6) is 1.10. The average molecular weight is 277 g/mol. The smallest absolute Gasteiger partial charge is 0.128 e. The van der Waals surface area contributed by atoms with E-state index < -0.39 is 0 Å². The second-order valence-corrected chi connectivity index (χ2v) is 6.46. The van der Waals surface area contributed by atoms with Crippen LogP contribution < -0.4 is 10.2 Å². The molecule has 1 aliphatic heterocycles. The molecule has 0 aliphatic carbocycles. The number of anilines is 1. The molecule has 2 N–H and O–H groups in total. The van der Waals surface area contributed by atoms with E-state index in [0.717, 1.165) is 38.4 Å². The summed E-state index contributed by atoms with van der Waals surface area (Å²) in [5.41, 5.74) is 1.35. The van der Waals surface area contributed by atoms with E-state index in [1.807, 2.05) is 6.20 Å². The van der Waals surface area contributed by atoms with Gasteiger partial charge in [-0.05, 0) is 36.3 Å². The number of aliphatic hydroxyl groups excluding tert-OH is 1. The Balaban J connectivity index is 1.79. The normalized spacial score (nSPS) is 15.8. The molecule has 0 aromatic carbocycles. The van der Waals surface area contributed by atoms with Gasteiger partial charge in [-0.15, -0.1) is 0 Å². The van der Waals surface area contributed by atoms with Crippen LogP contribution in [0, 0.1) is 5.41 Å². The van der Waals surface area contributed by atoms with Crippen molar-refractivity contribution in [3.05, 3.63) is 23.9 Å². The van der Waals surface area contributed by atoms with Gasteiger partial charge in [0.15, 0.2) is 0 Å². The molecule has 0 atom stereocenters. The zero-order valence-corrected chi connectivity index (χ0v) is 12.7. The first-order valence-corrected chi connectivity index (χ1v) is 7.62. The molecule has 0 spiro atoms. The molecule has 0 amide bonds. The first-order chi connectivity index (χ1) is 9.61. The largest absolute Gasteiger partial charge is 0.396 e. The molecule has 1 saturated heterocycles. The van der Waals surface area contributed by atoms with Crippen molar-refractivity contribution in [2.75, 3.05) is 31.1 Å². The van der Waals surface area contributed by atoms with Crippen LogP contribution in [0.15, 0.2) is 18.3 Å². The van der Waals surface area contributed by atoms with Crippen LogP contribution >= 0.6 is 0 Å². The van der Waals surface area contributed by atoms with E-state index in [1.165, 1.54) is 18.4 Å². The standard InChI is InChI=1S/C16H27N3O/c1-16(2,7-10-20)13-17-11-14-5-6-15(18-12-14)19-8-3-4-9-19/h5-6,12,17,20H,3-4,7-11,13H2,1-2H3. The number of aromatic nitrogens is 1. The Bertz CT molecular complexity index is 397. The lowest BCUT2D eigenvalue weighted by Crippen LogP contribution is -2.30. The molecule has 4 heteroatoms. The van der Waals surface area contributed by atoms with Gasteiger partial charge in [0.1, 0.15) is 5.82 Å². The Labute approximate surface area is 122 Å². The molecular formula is C16H27N3O. The fourth-order valence-corrected chi connectivity index (χ4v) is 2.59. The summed E-state index contributed by atoms with van der Waals surface area (Å²) >= 11 is 0. The quantitative estimate of drug-likeness (QED) is 0.802. The van der Waals surface area contributed by atoms with Crippen molar-refractivity contribution in [1.29, 1.82) is 0 Å². The van der Waals surface area contributed by atoms with Crippen LogP contribution in [0.5, 0.6) is 0 Å². The molecule has 0 saturated carbocycles. The first-order valence-electron chi connectivity index (χ1n) is 7.62. The highest BCUT2D eigenvalue weighted by molar-refractivity contribution is 5.40. The van der Waals surface area contributed by atoms with Crippen molar-refractivity contribution in [1.82, 2.24) is 10.3 Å². The highest BCUT2D eigenvalue weighted by Crippen LogP contribution is 2.19. The highest BCUT2D eigenvalue weighted by atomic mass is 16.3. The van der Waals surface area contributed by atoms with Crippen LogP contribution in [0.25, 0.3) is 0 Å². The van der Waals surface area contributed by atoms with Crippen molar-refractivity contribution < 1.29 is 5.11 Å². The number of nitrogens with one attached hydrogen (secondary N) is 1. The summed E-state index contributed by atoms with van der Waals surface area (Å²) in [5, 5.41) is 12.5. The van der Waals surface area contributed by atoms with Crippen molar-refractivity contribution in [2.45, 2.75) is 39.7 Å². The molecular weight excluding hydrogens is 250 g/mol. The molecule has 0 bridgehead atoms. The maximum atomic E-state index is 9.01. The minimum Gasteiger partial charge on any atom is -0.396 e. The van der Waals surface area contributed by atoms with E-state index in [2.05, 4.69) is 41.2 Å². The van der Waals surface area contributed by atoms with Gasteiger partial charge in [-0.25, -0.2) is 4.98 Å². The van der Waals surface area contributed by atoms with Crippen LogP contribution in [0.3, 0.4) is 0 Å². The summed E-state index contributed by atoms with van der Waals surface area (Å²) in [4.78, 5) is 6.91. The summed E-state index contributed by atoms with van der Waals surface area (Å²) in [6, 6.07) is 4.29. The topological polar surface area (TPSA) is 48.4 Å². The van der Waals surface area contributed by atoms with Crippen LogP contribution in [0.4, 0.5) is 5.82 Å². The van der Waals surface area contributed by atoms with Crippen molar-refractivity contribution in [3.63, 3.8) is 0 Å². The van der Waals surface area contributed by atoms with E-state index in [-0.39, 0.29) is 12.0 Å². The predicted octanol–water partition coefficient (Wildman–Crippen LogP) is 2.18. The Morgan fingerprint density at radius 1 is 1.30 bits per heavy atom. The van der Waals surface area contributed by atoms with Gasteiger partial charge in [0.25, 0.3) is 0 Å². The lowest BCUT2D eigenvalue weighted by Gasteiger charge is -2.24. The molecule has 112 valence electrons. The third-order valence-corrected chi connectivity index (χ3v) is 3.96. The van der Waals surface area contributed by atoms with Crippen molar-refractivity contribution >= 4 is 5.82 Å². The zero-order valence-electron chi connectivity index (χ0n) is 12.7. The molecule has 20 heavy (non-hydrogen) atoms. The Hall–Kier alpha value is -1.13. The van der Waals surface area contributed by atoms with Gasteiger partial charge in [0.05, 0.1) is 0 Å². The van der Waals surface area contributed by atoms with E-state index in [4.69, 9.17) is 5.11 Å². The summed E-state index contributed by atoms with van der Waals surface area (Å²) < 4.78 is 0. The number of aliphatic hydroxyl groups is 1. The molecule has 4 nitrogen and oxygen atoms in total. The maximum absolute atomic E-state index is 9.01. The van der Waals surface area contributed by atoms with Crippen LogP contribution in [0.1, 0.15) is 38.7 Å². The number of hydrogen-bond donors (Lipinski definition) is 2. The molecule has 1 aromatic heterocycles. The van der Waals surface area contributed by atoms with Gasteiger partial charge in [-0.1, -0.05) is 19.9 Å². The molecule has 2 rings (SSSR count). The SMILES string of the molecule is CC(C)(CCO)CNCc1ccc(N2CCCC2)nc1. The lowest BCUT2D eigenvalue weighted by atomic mass is 9.90. The molecule has 1 aromatic rings. The Morgan fingerprint density at radius 3 is 2.65 bits per heavy atom. The fraction of sp³-hybridized carbons (Fsp3) is 0.688. The van der Waals surface area contributed by atoms with Crippen LogP contribution in [-0.2, 0) is 6.54 Å². The first kappa shape index (κ1) is 15.3. The van der Waals surface area contributed by atoms with Gasteiger partial charge in [0, 0.05) is 39.0 Å². The van der Waals surface area contributed by atoms with E-state index in [9.17, 15) is 0 Å². The molecule has 2 heterocycles. The monoisotopic (exact) mass is 277 g/mol. The van der Waals surface area contributed by atoms with Crippen LogP contribution in [-0.4, -0.2) is 36.3 Å². The highest BCUT2D eigenvalue weighted by Gasteiger charge is 2.16. The second-order valence-electron chi connectivity index (χ2n) is 6.46. The van der Waals surface area contributed by atoms with Gasteiger partial charge in [-0.2, -0.15) is 0 Å². The van der Waals surface area contributed by atoms with Gasteiger partial charge in [0.2, 0.25) is 0 Å². The van der Waals surface area contributed by atoms with E-state index in [1.54, 1.807) is 0 Å². The molecule has 0 radical (unpaired) electrons. The van der Waals surface area contributed by atoms with Gasteiger partial charge in [-0.3, -0.25) is 0 Å². The minimum atomic E-state index is 0.137. The lowest BCUT2D eigenvalue weighted by molar-refractivity contribution is 0.207. The maximum Gasteiger partial charge on any atom is 0.128 e. The third-order valence-electron chi connectivity index (χ3n) is 3.96. The molecule has 1 aliphatic rings. The number of hydrogen-bond acceptors (Lipinski definition) is 4. The van der Waals surface area contributed by atoms with Crippen molar-refractivity contribution in [3.8, 4) is 0 Å². The second kappa shape index (κ2) is 7.04. The zero-order chi connectivity index (χ0) is 14.4. The van der Waals surface area contributed by atoms with Gasteiger partial charge >= 0.3 is 0 Å². The Morgan fingerprint density at radius 2 is 2.05 bits per heavy atom. The summed E-state index contributed by atoms with van der Waals surface area (Å²) in [6.45, 7) is 8.61. The average Bonchev–Trinajstić information content (AvgIpc) is 2.93.